The van der Waals surface area contributed by atoms with Crippen molar-refractivity contribution in [3.05, 3.63) is 29.3 Å². The first-order valence-electron chi connectivity index (χ1n) is 9.75. The molecular weight excluding hydrogens is 360 g/mol. The van der Waals surface area contributed by atoms with Gasteiger partial charge in [-0.25, -0.2) is 0 Å². The molecule has 2 aliphatic rings. The Bertz CT molecular complexity index is 648. The molecule has 2 fully saturated rings. The highest BCUT2D eigenvalue weighted by atomic mass is 32.1. The van der Waals surface area contributed by atoms with Crippen molar-refractivity contribution in [2.45, 2.75) is 32.8 Å². The topological polar surface area (TPSA) is 56.8 Å². The van der Waals surface area contributed by atoms with E-state index in [1.54, 1.807) is 0 Å². The zero-order valence-corrected chi connectivity index (χ0v) is 17.1. The summed E-state index contributed by atoms with van der Waals surface area (Å²) >= 11 is 5.51. The summed E-state index contributed by atoms with van der Waals surface area (Å²) in [6.45, 7) is 9.46. The third kappa shape index (κ3) is 5.64. The van der Waals surface area contributed by atoms with Crippen molar-refractivity contribution >= 4 is 28.9 Å². The molecule has 0 aliphatic carbocycles. The van der Waals surface area contributed by atoms with Crippen molar-refractivity contribution in [1.82, 2.24) is 15.1 Å². The third-order valence-electron chi connectivity index (χ3n) is 5.28. The van der Waals surface area contributed by atoms with Crippen molar-refractivity contribution in [1.29, 1.82) is 0 Å². The van der Waals surface area contributed by atoms with E-state index in [1.165, 1.54) is 0 Å². The molecule has 0 unspecified atom stereocenters. The summed E-state index contributed by atoms with van der Waals surface area (Å²) in [6.07, 6.45) is 2.54. The monoisotopic (exact) mass is 390 g/mol. The number of anilines is 1. The standard InChI is InChI=1S/C20H30N4O2S/c1-15-5-3-6-16(2)19(15)22-18(25)14-23-8-10-24(11-9-23)20(27)21-13-17-7-4-12-26-17/h3,5-6,17H,4,7-14H2,1-2H3,(H,21,27)(H,22,25)/t17-/m1/s1. The van der Waals surface area contributed by atoms with E-state index in [9.17, 15) is 4.79 Å². The lowest BCUT2D eigenvalue weighted by atomic mass is 10.1. The van der Waals surface area contributed by atoms with Crippen LogP contribution in [0.2, 0.25) is 0 Å². The minimum absolute atomic E-state index is 0.0416. The predicted molar refractivity (Wildman–Crippen MR) is 112 cm³/mol. The predicted octanol–water partition coefficient (Wildman–Crippen LogP) is 1.91. The van der Waals surface area contributed by atoms with Crippen LogP contribution in [0.3, 0.4) is 0 Å². The van der Waals surface area contributed by atoms with Crippen LogP contribution < -0.4 is 10.6 Å². The van der Waals surface area contributed by atoms with Crippen LogP contribution in [0.5, 0.6) is 0 Å². The first kappa shape index (κ1) is 20.0. The molecule has 2 heterocycles. The third-order valence-corrected chi connectivity index (χ3v) is 5.68. The lowest BCUT2D eigenvalue weighted by Gasteiger charge is -2.36. The number of piperazine rings is 1. The fourth-order valence-corrected chi connectivity index (χ4v) is 3.89. The molecule has 0 saturated carbocycles. The average molecular weight is 391 g/mol. The van der Waals surface area contributed by atoms with Gasteiger partial charge < -0.3 is 20.3 Å². The van der Waals surface area contributed by atoms with Gasteiger partial charge in [0.25, 0.3) is 0 Å². The minimum Gasteiger partial charge on any atom is -0.376 e. The lowest BCUT2D eigenvalue weighted by Crippen LogP contribution is -2.53. The van der Waals surface area contributed by atoms with Crippen molar-refractivity contribution in [2.75, 3.05) is 51.2 Å². The van der Waals surface area contributed by atoms with Crippen LogP contribution in [0.1, 0.15) is 24.0 Å². The van der Waals surface area contributed by atoms with E-state index >= 15 is 0 Å². The molecule has 1 aromatic carbocycles. The normalized spacial score (nSPS) is 20.5. The molecule has 0 spiro atoms. The lowest BCUT2D eigenvalue weighted by molar-refractivity contribution is -0.117. The van der Waals surface area contributed by atoms with Gasteiger partial charge in [-0.1, -0.05) is 18.2 Å². The molecule has 1 amide bonds. The smallest absolute Gasteiger partial charge is 0.238 e. The zero-order valence-electron chi connectivity index (χ0n) is 16.3. The summed E-state index contributed by atoms with van der Waals surface area (Å²) in [5.41, 5.74) is 3.12. The molecular formula is C20H30N4O2S. The van der Waals surface area contributed by atoms with Crippen LogP contribution in [-0.4, -0.2) is 72.8 Å². The van der Waals surface area contributed by atoms with Gasteiger partial charge in [-0.3, -0.25) is 9.69 Å². The maximum atomic E-state index is 12.4. The molecule has 1 aromatic rings. The first-order chi connectivity index (χ1) is 13.0. The summed E-state index contributed by atoms with van der Waals surface area (Å²) in [7, 11) is 0. The Hall–Kier alpha value is -1.70. The van der Waals surface area contributed by atoms with E-state index in [0.717, 1.165) is 74.1 Å². The van der Waals surface area contributed by atoms with Crippen molar-refractivity contribution in [2.24, 2.45) is 0 Å². The number of carbonyl (C=O) groups excluding carboxylic acids is 1. The fraction of sp³-hybridized carbons (Fsp3) is 0.600. The van der Waals surface area contributed by atoms with Gasteiger partial charge in [0.15, 0.2) is 5.11 Å². The van der Waals surface area contributed by atoms with E-state index in [1.807, 2.05) is 32.0 Å². The molecule has 7 heteroatoms. The van der Waals surface area contributed by atoms with E-state index in [-0.39, 0.29) is 12.0 Å². The summed E-state index contributed by atoms with van der Waals surface area (Å²) in [5.74, 6) is 0.0416. The molecule has 148 valence electrons. The number of nitrogens with one attached hydrogen (secondary N) is 2. The van der Waals surface area contributed by atoms with Crippen LogP contribution >= 0.6 is 12.2 Å². The van der Waals surface area contributed by atoms with Crippen molar-refractivity contribution in [3.63, 3.8) is 0 Å². The molecule has 0 radical (unpaired) electrons. The number of hydrogen-bond donors (Lipinski definition) is 2. The summed E-state index contributed by atoms with van der Waals surface area (Å²) in [4.78, 5) is 16.8. The number of nitrogens with zero attached hydrogens (tertiary/aromatic N) is 2. The van der Waals surface area contributed by atoms with Crippen molar-refractivity contribution < 1.29 is 9.53 Å². The molecule has 6 nitrogen and oxygen atoms in total. The number of hydrogen-bond acceptors (Lipinski definition) is 4. The Morgan fingerprint density at radius 3 is 2.56 bits per heavy atom. The number of rotatable bonds is 5. The maximum absolute atomic E-state index is 12.4. The van der Waals surface area contributed by atoms with Gasteiger partial charge in [-0.2, -0.15) is 0 Å². The van der Waals surface area contributed by atoms with Crippen molar-refractivity contribution in [3.8, 4) is 0 Å². The Morgan fingerprint density at radius 2 is 1.93 bits per heavy atom. The average Bonchev–Trinajstić information content (AvgIpc) is 3.17. The number of thiocarbonyl (C=S) groups is 1. The van der Waals surface area contributed by atoms with Crippen LogP contribution in [0.25, 0.3) is 0 Å². The Balaban J connectivity index is 1.39. The highest BCUT2D eigenvalue weighted by Crippen LogP contribution is 2.19. The number of aryl methyl sites for hydroxylation is 2. The van der Waals surface area contributed by atoms with E-state index in [0.29, 0.717) is 6.54 Å². The van der Waals surface area contributed by atoms with E-state index in [2.05, 4.69) is 20.4 Å². The Labute approximate surface area is 167 Å². The second-order valence-corrected chi connectivity index (χ2v) is 7.79. The molecule has 0 bridgehead atoms. The molecule has 2 N–H and O–H groups in total. The van der Waals surface area contributed by atoms with Gasteiger partial charge in [-0.05, 0) is 50.0 Å². The number of amides is 1. The quantitative estimate of drug-likeness (QED) is 0.749. The minimum atomic E-state index is 0.0416. The van der Waals surface area contributed by atoms with Crippen LogP contribution in [0.4, 0.5) is 5.69 Å². The second kappa shape index (κ2) is 9.48. The number of para-hydroxylation sites is 1. The highest BCUT2D eigenvalue weighted by Gasteiger charge is 2.22. The SMILES string of the molecule is Cc1cccc(C)c1NC(=O)CN1CCN(C(=S)NC[C@H]2CCCO2)CC1. The van der Waals surface area contributed by atoms with E-state index < -0.39 is 0 Å². The summed E-state index contributed by atoms with van der Waals surface area (Å²) < 4.78 is 5.62. The van der Waals surface area contributed by atoms with Crippen LogP contribution in [0, 0.1) is 13.8 Å². The summed E-state index contributed by atoms with van der Waals surface area (Å²) in [6, 6.07) is 6.05. The van der Waals surface area contributed by atoms with Crippen LogP contribution in [0.15, 0.2) is 18.2 Å². The van der Waals surface area contributed by atoms with Gasteiger partial charge in [0.1, 0.15) is 0 Å². The van der Waals surface area contributed by atoms with Gasteiger partial charge in [0.05, 0.1) is 12.6 Å². The van der Waals surface area contributed by atoms with Gasteiger partial charge >= 0.3 is 0 Å². The van der Waals surface area contributed by atoms with E-state index in [4.69, 9.17) is 17.0 Å². The molecule has 2 saturated heterocycles. The second-order valence-electron chi connectivity index (χ2n) is 7.40. The Morgan fingerprint density at radius 1 is 1.22 bits per heavy atom. The number of benzene rings is 1. The van der Waals surface area contributed by atoms with Crippen LogP contribution in [-0.2, 0) is 9.53 Å². The fourth-order valence-electron chi connectivity index (χ4n) is 3.62. The zero-order chi connectivity index (χ0) is 19.2. The molecule has 1 atom stereocenters. The number of ether oxygens (including phenoxy) is 1. The number of carbonyl (C=O) groups is 1. The largest absolute Gasteiger partial charge is 0.376 e. The molecule has 3 rings (SSSR count). The first-order valence-corrected chi connectivity index (χ1v) is 10.2. The highest BCUT2D eigenvalue weighted by molar-refractivity contribution is 7.80. The van der Waals surface area contributed by atoms with Gasteiger partial charge in [-0.15, -0.1) is 0 Å². The molecule has 2 aliphatic heterocycles. The molecule has 0 aromatic heterocycles. The Kier molecular flexibility index (Phi) is 7.04. The molecule has 27 heavy (non-hydrogen) atoms. The van der Waals surface area contributed by atoms with Gasteiger partial charge in [0, 0.05) is 45.0 Å². The summed E-state index contributed by atoms with van der Waals surface area (Å²) in [5, 5.41) is 7.19. The van der Waals surface area contributed by atoms with Gasteiger partial charge in [0.2, 0.25) is 5.91 Å². The maximum Gasteiger partial charge on any atom is 0.238 e.